The molecule has 0 aliphatic carbocycles. The molecule has 0 fully saturated rings. The van der Waals surface area contributed by atoms with Crippen LogP contribution in [0.15, 0.2) is 53.6 Å². The Bertz CT molecular complexity index is 973. The number of nitrogens with zero attached hydrogens (tertiary/aromatic N) is 3. The molecule has 1 aliphatic rings. The molecule has 0 saturated heterocycles. The van der Waals surface area contributed by atoms with Crippen molar-refractivity contribution in [2.75, 3.05) is 7.05 Å². The van der Waals surface area contributed by atoms with Crippen LogP contribution in [0.1, 0.15) is 30.5 Å². The second-order valence-electron chi connectivity index (χ2n) is 7.42. The zero-order chi connectivity index (χ0) is 22.3. The molecule has 7 nitrogen and oxygen atoms in total. The van der Waals surface area contributed by atoms with Crippen molar-refractivity contribution >= 4 is 11.7 Å². The van der Waals surface area contributed by atoms with E-state index in [1.807, 2.05) is 0 Å². The number of rotatable bonds is 5. The van der Waals surface area contributed by atoms with E-state index in [0.29, 0.717) is 16.5 Å². The number of hydrogen-bond donors (Lipinski definition) is 3. The van der Waals surface area contributed by atoms with Gasteiger partial charge in [0.05, 0.1) is 5.56 Å². The number of hydrazone groups is 1. The Hall–Kier alpha value is -3.27. The van der Waals surface area contributed by atoms with Crippen molar-refractivity contribution in [2.45, 2.75) is 31.8 Å². The first-order valence-corrected chi connectivity index (χ1v) is 9.01. The minimum absolute atomic E-state index is 0.0287. The van der Waals surface area contributed by atoms with Crippen molar-refractivity contribution in [1.29, 1.82) is 5.41 Å². The molecule has 1 atom stereocenters. The van der Waals surface area contributed by atoms with Crippen LogP contribution in [-0.2, 0) is 6.18 Å². The molecule has 1 aliphatic heterocycles. The Balaban J connectivity index is 1.88. The van der Waals surface area contributed by atoms with Crippen molar-refractivity contribution in [3.8, 4) is 5.75 Å². The molecule has 0 spiro atoms. The molecule has 0 aromatic heterocycles. The normalized spacial score (nSPS) is 17.2. The highest BCUT2D eigenvalue weighted by Crippen LogP contribution is 2.36. The van der Waals surface area contributed by atoms with Crippen molar-refractivity contribution < 1.29 is 23.1 Å². The molecule has 4 N–H and O–H groups in total. The van der Waals surface area contributed by atoms with Crippen molar-refractivity contribution in [2.24, 2.45) is 10.8 Å². The van der Waals surface area contributed by atoms with E-state index in [9.17, 15) is 18.4 Å². The Labute approximate surface area is 171 Å². The summed E-state index contributed by atoms with van der Waals surface area (Å²) in [6.07, 6.45) is -5.47. The zero-order valence-electron chi connectivity index (χ0n) is 16.6. The Kier molecular flexibility index (Phi) is 5.38. The predicted octanol–water partition coefficient (Wildman–Crippen LogP) is 3.47. The number of hydroxylamine groups is 1. The minimum atomic E-state index is -4.57. The topological polar surface area (TPSA) is 98.2 Å². The molecule has 2 aromatic carbocycles. The smallest absolute Gasteiger partial charge is 0.417 e. The molecular formula is C20H22F3N5O2. The minimum Gasteiger partial charge on any atom is -0.484 e. The van der Waals surface area contributed by atoms with Crippen LogP contribution in [0.2, 0.25) is 0 Å². The number of halogens is 3. The summed E-state index contributed by atoms with van der Waals surface area (Å²) >= 11 is 0. The molecular weight excluding hydrogens is 399 g/mol. The first-order valence-electron chi connectivity index (χ1n) is 9.01. The van der Waals surface area contributed by atoms with Crippen LogP contribution in [-0.4, -0.2) is 45.8 Å². The van der Waals surface area contributed by atoms with E-state index >= 15 is 0 Å². The highest BCUT2D eigenvalue weighted by molar-refractivity contribution is 6.01. The van der Waals surface area contributed by atoms with E-state index in [4.69, 9.17) is 15.9 Å². The number of nitrogen functional groups attached to an aromatic ring is 1. The van der Waals surface area contributed by atoms with E-state index in [1.54, 1.807) is 38.1 Å². The van der Waals surface area contributed by atoms with Gasteiger partial charge >= 0.3 is 6.18 Å². The fourth-order valence-corrected chi connectivity index (χ4v) is 3.47. The monoisotopic (exact) mass is 421 g/mol. The van der Waals surface area contributed by atoms with E-state index in [2.05, 4.69) is 5.10 Å². The maximum atomic E-state index is 13.4. The Morgan fingerprint density at radius 1 is 1.13 bits per heavy atom. The molecule has 0 saturated carbocycles. The summed E-state index contributed by atoms with van der Waals surface area (Å²) in [6, 6.07) is 11.5. The lowest BCUT2D eigenvalue weighted by Crippen LogP contribution is -2.56. The summed E-state index contributed by atoms with van der Waals surface area (Å²) < 4.78 is 46.3. The number of amidine groups is 2. The summed E-state index contributed by atoms with van der Waals surface area (Å²) in [5, 5.41) is 22.4. The number of likely N-dealkylation sites (N-methyl/N-ethyl adjacent to an activating group) is 1. The third-order valence-corrected chi connectivity index (χ3v) is 4.76. The molecule has 160 valence electrons. The van der Waals surface area contributed by atoms with Gasteiger partial charge in [0, 0.05) is 18.2 Å². The highest BCUT2D eigenvalue weighted by Gasteiger charge is 2.46. The average Bonchev–Trinajstić information content (AvgIpc) is 2.96. The van der Waals surface area contributed by atoms with Gasteiger partial charge in [0.2, 0.25) is 0 Å². The van der Waals surface area contributed by atoms with E-state index in [0.717, 1.165) is 6.07 Å². The van der Waals surface area contributed by atoms with Gasteiger partial charge in [0.25, 0.3) is 0 Å². The van der Waals surface area contributed by atoms with Crippen LogP contribution in [0, 0.1) is 5.41 Å². The average molecular weight is 421 g/mol. The second kappa shape index (κ2) is 7.52. The van der Waals surface area contributed by atoms with Crippen LogP contribution in [0.4, 0.5) is 13.2 Å². The maximum Gasteiger partial charge on any atom is 0.417 e. The fourth-order valence-electron chi connectivity index (χ4n) is 3.47. The lowest BCUT2D eigenvalue weighted by Gasteiger charge is -2.38. The van der Waals surface area contributed by atoms with E-state index in [1.165, 1.54) is 30.1 Å². The summed E-state index contributed by atoms with van der Waals surface area (Å²) in [4.78, 5) is 1.44. The number of alkyl halides is 3. The van der Waals surface area contributed by atoms with Gasteiger partial charge in [-0.2, -0.15) is 13.2 Å². The molecule has 1 heterocycles. The Morgan fingerprint density at radius 2 is 1.73 bits per heavy atom. The van der Waals surface area contributed by atoms with Gasteiger partial charge in [-0.15, -0.1) is 10.3 Å². The Morgan fingerprint density at radius 3 is 2.30 bits per heavy atom. The molecule has 1 unspecified atom stereocenters. The number of nitrogens with two attached hydrogens (primary N) is 1. The fraction of sp³-hybridized carbons (Fsp3) is 0.300. The van der Waals surface area contributed by atoms with Gasteiger partial charge in [0.15, 0.2) is 12.0 Å². The molecule has 0 amide bonds. The second-order valence-corrected chi connectivity index (χ2v) is 7.42. The summed E-state index contributed by atoms with van der Waals surface area (Å²) in [5.41, 5.74) is 3.89. The number of benzene rings is 2. The molecule has 30 heavy (non-hydrogen) atoms. The third kappa shape index (κ3) is 4.04. The first kappa shape index (κ1) is 21.4. The lowest BCUT2D eigenvalue weighted by molar-refractivity contribution is -0.186. The standard InChI is InChI=1S/C20H22F3N5O2/c1-19(2,30-13-10-8-12(9-11-13)16(24)25)18-27(3)17(26-28(18)29)14-6-4-5-7-15(14)20(21,22)23/h4-11,18,29H,1-3H3,(H3,24,25). The zero-order valence-corrected chi connectivity index (χ0v) is 16.6. The van der Waals surface area contributed by atoms with Crippen LogP contribution in [0.25, 0.3) is 0 Å². The van der Waals surface area contributed by atoms with Crippen LogP contribution in [0.5, 0.6) is 5.75 Å². The van der Waals surface area contributed by atoms with Crippen LogP contribution in [0.3, 0.4) is 0 Å². The van der Waals surface area contributed by atoms with Gasteiger partial charge in [-0.1, -0.05) is 18.2 Å². The van der Waals surface area contributed by atoms with Crippen molar-refractivity contribution in [3.63, 3.8) is 0 Å². The van der Waals surface area contributed by atoms with Crippen molar-refractivity contribution in [1.82, 2.24) is 10.1 Å². The largest absolute Gasteiger partial charge is 0.484 e. The third-order valence-electron chi connectivity index (χ3n) is 4.76. The van der Waals surface area contributed by atoms with Gasteiger partial charge < -0.3 is 15.4 Å². The van der Waals surface area contributed by atoms with Crippen LogP contribution < -0.4 is 10.5 Å². The molecule has 0 radical (unpaired) electrons. The van der Waals surface area contributed by atoms with Gasteiger partial charge in [-0.05, 0) is 44.2 Å². The van der Waals surface area contributed by atoms with Gasteiger partial charge in [0.1, 0.15) is 17.2 Å². The quantitative estimate of drug-likeness (QED) is 0.507. The summed E-state index contributed by atoms with van der Waals surface area (Å²) in [5.74, 6) is 0.328. The van der Waals surface area contributed by atoms with Gasteiger partial charge in [-0.25, -0.2) is 0 Å². The summed E-state index contributed by atoms with van der Waals surface area (Å²) in [7, 11) is 1.54. The first-order chi connectivity index (χ1) is 13.9. The number of hydrogen-bond acceptors (Lipinski definition) is 6. The number of ether oxygens (including phenoxy) is 1. The van der Waals surface area contributed by atoms with E-state index in [-0.39, 0.29) is 17.2 Å². The van der Waals surface area contributed by atoms with Crippen LogP contribution >= 0.6 is 0 Å². The molecule has 0 bridgehead atoms. The molecule has 2 aromatic rings. The lowest BCUT2D eigenvalue weighted by atomic mass is 10.0. The maximum absolute atomic E-state index is 13.4. The van der Waals surface area contributed by atoms with E-state index < -0.39 is 23.5 Å². The highest BCUT2D eigenvalue weighted by atomic mass is 19.4. The number of nitrogens with one attached hydrogen (secondary N) is 1. The van der Waals surface area contributed by atoms with Crippen molar-refractivity contribution in [3.05, 3.63) is 65.2 Å². The SMILES string of the molecule is CN1C(c2ccccc2C(F)(F)F)=NN(O)C1C(C)(C)Oc1ccc(C(=N)N)cc1. The summed E-state index contributed by atoms with van der Waals surface area (Å²) in [6.45, 7) is 3.37. The predicted molar refractivity (Wildman–Crippen MR) is 105 cm³/mol. The molecule has 3 rings (SSSR count). The molecule has 10 heteroatoms. The van der Waals surface area contributed by atoms with Gasteiger partial charge in [-0.3, -0.25) is 10.6 Å².